The van der Waals surface area contributed by atoms with E-state index < -0.39 is 0 Å². The molecule has 0 atom stereocenters. The van der Waals surface area contributed by atoms with Crippen LogP contribution in [0.2, 0.25) is 0 Å². The molecule has 0 aromatic heterocycles. The number of benzene rings is 1. The molecule has 49 valence electrons. The summed E-state index contributed by atoms with van der Waals surface area (Å²) < 4.78 is 1.29. The molecule has 0 aliphatic heterocycles. The van der Waals surface area contributed by atoms with Gasteiger partial charge in [0.15, 0.2) is 0 Å². The van der Waals surface area contributed by atoms with Gasteiger partial charge in [-0.25, -0.2) is 0 Å². The quantitative estimate of drug-likeness (QED) is 0.588. The van der Waals surface area contributed by atoms with E-state index in [1.54, 1.807) is 0 Å². The predicted octanol–water partition coefficient (Wildman–Crippen LogP) is 1.51. The molecule has 3 radical (unpaired) electrons. The van der Waals surface area contributed by atoms with Crippen LogP contribution in [0.3, 0.4) is 0 Å². The van der Waals surface area contributed by atoms with Gasteiger partial charge < -0.3 is 0 Å². The summed E-state index contributed by atoms with van der Waals surface area (Å²) in [7, 11) is 0. The van der Waals surface area contributed by atoms with E-state index >= 15 is 0 Å². The van der Waals surface area contributed by atoms with Crippen molar-refractivity contribution in [2.45, 2.75) is 6.92 Å². The Morgan fingerprint density at radius 1 is 1.50 bits per heavy atom. The van der Waals surface area contributed by atoms with Crippen molar-refractivity contribution < 1.29 is 0 Å². The van der Waals surface area contributed by atoms with Gasteiger partial charge in [-0.1, -0.05) is 0 Å². The Bertz CT molecular complexity index is 251. The van der Waals surface area contributed by atoms with Gasteiger partial charge in [0, 0.05) is 0 Å². The van der Waals surface area contributed by atoms with Crippen LogP contribution in [0.15, 0.2) is 30.8 Å². The van der Waals surface area contributed by atoms with Crippen LogP contribution in [0.5, 0.6) is 0 Å². The summed E-state index contributed by atoms with van der Waals surface area (Å²) in [5.74, 6) is 0. The zero-order valence-corrected chi connectivity index (χ0v) is 8.11. The molecule has 0 bridgehead atoms. The summed E-state index contributed by atoms with van der Waals surface area (Å²) in [5, 5.41) is 0. The fourth-order valence-electron chi connectivity index (χ4n) is 0.785. The first-order valence-corrected chi connectivity index (χ1v) is 4.22. The number of rotatable bonds is 1. The molecule has 0 aliphatic carbocycles. The Kier molecular flexibility index (Phi) is 2.33. The van der Waals surface area contributed by atoms with Gasteiger partial charge in [-0.3, -0.25) is 0 Å². The number of hydrogen-bond acceptors (Lipinski definition) is 0. The zero-order valence-electron chi connectivity index (χ0n) is 6.02. The van der Waals surface area contributed by atoms with Gasteiger partial charge in [0.1, 0.15) is 0 Å². The summed E-state index contributed by atoms with van der Waals surface area (Å²) in [6, 6.07) is 8.36. The third kappa shape index (κ3) is 1.74. The fourth-order valence-corrected chi connectivity index (χ4v) is 1.31. The maximum atomic E-state index is 3.87. The Balaban J connectivity index is 3.07. The first-order chi connectivity index (χ1) is 4.70. The van der Waals surface area contributed by atoms with Crippen molar-refractivity contribution in [3.05, 3.63) is 36.4 Å². The van der Waals surface area contributed by atoms with Crippen LogP contribution in [0.25, 0.3) is 5.57 Å². The van der Waals surface area contributed by atoms with Crippen LogP contribution in [-0.2, 0) is 0 Å². The van der Waals surface area contributed by atoms with Crippen molar-refractivity contribution in [2.75, 3.05) is 0 Å². The van der Waals surface area contributed by atoms with E-state index in [-0.39, 0.29) is 0 Å². The van der Waals surface area contributed by atoms with Crippen molar-refractivity contribution in [3.63, 3.8) is 0 Å². The van der Waals surface area contributed by atoms with E-state index in [0.29, 0.717) is 0 Å². The molecule has 1 heteroatoms. The van der Waals surface area contributed by atoms with Gasteiger partial charge >= 0.3 is 69.8 Å². The van der Waals surface area contributed by atoms with Crippen LogP contribution in [-0.4, -0.2) is 16.5 Å². The van der Waals surface area contributed by atoms with Crippen molar-refractivity contribution in [1.29, 1.82) is 0 Å². The molecule has 0 fully saturated rings. The average molecular weight is 190 g/mol. The van der Waals surface area contributed by atoms with E-state index in [1.165, 1.54) is 9.96 Å². The monoisotopic (exact) mass is 191 g/mol. The second kappa shape index (κ2) is 3.06. The van der Waals surface area contributed by atoms with E-state index in [4.69, 9.17) is 0 Å². The van der Waals surface area contributed by atoms with Gasteiger partial charge in [-0.05, 0) is 0 Å². The Labute approximate surface area is 70.2 Å². The third-order valence-electron chi connectivity index (χ3n) is 1.36. The van der Waals surface area contributed by atoms with E-state index in [9.17, 15) is 0 Å². The molecular weight excluding hydrogens is 181 g/mol. The molecule has 0 amide bonds. The molecule has 0 aliphatic rings. The van der Waals surface area contributed by atoms with Crippen molar-refractivity contribution in [3.8, 4) is 0 Å². The second-order valence-corrected chi connectivity index (χ2v) is 3.57. The molecule has 10 heavy (non-hydrogen) atoms. The molecule has 0 saturated carbocycles. The van der Waals surface area contributed by atoms with E-state index in [2.05, 4.69) is 47.4 Å². The van der Waals surface area contributed by atoms with Gasteiger partial charge in [-0.15, -0.1) is 0 Å². The Morgan fingerprint density at radius 2 is 2.20 bits per heavy atom. The van der Waals surface area contributed by atoms with Crippen LogP contribution in [0.1, 0.15) is 12.5 Å². The van der Waals surface area contributed by atoms with Gasteiger partial charge in [0.2, 0.25) is 0 Å². The number of hydrogen-bond donors (Lipinski definition) is 0. The molecular formula is C9H9Ge. The van der Waals surface area contributed by atoms with Crippen LogP contribution in [0.4, 0.5) is 0 Å². The fraction of sp³-hybridized carbons (Fsp3) is 0.111. The summed E-state index contributed by atoms with van der Waals surface area (Å²) in [4.78, 5) is 0. The van der Waals surface area contributed by atoms with E-state index in [1.807, 2.05) is 6.92 Å². The first kappa shape index (κ1) is 7.61. The minimum absolute atomic E-state index is 1.13. The molecule has 0 heterocycles. The molecule has 1 aromatic carbocycles. The summed E-state index contributed by atoms with van der Waals surface area (Å²) in [6.07, 6.45) is 0. The maximum absolute atomic E-state index is 3.87. The molecule has 1 rings (SSSR count). The van der Waals surface area contributed by atoms with Crippen LogP contribution >= 0.6 is 0 Å². The predicted molar refractivity (Wildman–Crippen MR) is 46.5 cm³/mol. The molecule has 1 aromatic rings. The van der Waals surface area contributed by atoms with Gasteiger partial charge in [0.25, 0.3) is 0 Å². The topological polar surface area (TPSA) is 0 Å². The third-order valence-corrected chi connectivity index (χ3v) is 2.01. The summed E-state index contributed by atoms with van der Waals surface area (Å²) in [5.41, 5.74) is 2.36. The normalized spacial score (nSPS) is 9.40. The molecule has 0 N–H and O–H groups in total. The van der Waals surface area contributed by atoms with E-state index in [0.717, 1.165) is 5.57 Å². The number of allylic oxidation sites excluding steroid dienone is 1. The minimum atomic E-state index is 1.13. The van der Waals surface area contributed by atoms with Crippen molar-refractivity contribution >= 4 is 26.5 Å². The molecule has 0 nitrogen and oxygen atoms in total. The standard InChI is InChI=1S/C9H9Ge/c1-7(2)8-4-3-5-9(10)6-8/h3-6H,1H2,2H3. The Hall–Kier alpha value is -0.497. The van der Waals surface area contributed by atoms with Crippen LogP contribution < -0.4 is 4.40 Å². The van der Waals surface area contributed by atoms with Gasteiger partial charge in [0.05, 0.1) is 0 Å². The molecule has 0 saturated heterocycles. The van der Waals surface area contributed by atoms with Crippen LogP contribution in [0, 0.1) is 0 Å². The molecule has 0 unspecified atom stereocenters. The first-order valence-electron chi connectivity index (χ1n) is 3.17. The van der Waals surface area contributed by atoms with Crippen molar-refractivity contribution in [2.24, 2.45) is 0 Å². The van der Waals surface area contributed by atoms with Crippen molar-refractivity contribution in [1.82, 2.24) is 0 Å². The van der Waals surface area contributed by atoms with Gasteiger partial charge in [-0.2, -0.15) is 0 Å². The summed E-state index contributed by atoms with van der Waals surface area (Å²) >= 11 is 2.09. The average Bonchev–Trinajstić information content (AvgIpc) is 1.88. The zero-order chi connectivity index (χ0) is 7.56. The summed E-state index contributed by atoms with van der Waals surface area (Å²) in [6.45, 7) is 5.89. The molecule has 0 spiro atoms. The second-order valence-electron chi connectivity index (χ2n) is 2.36. The Morgan fingerprint density at radius 3 is 2.60 bits per heavy atom. The SMILES string of the molecule is C=C(C)c1ccc[c]([Ge])c1.